The van der Waals surface area contributed by atoms with Crippen LogP contribution in [0.4, 0.5) is 5.69 Å². The first-order chi connectivity index (χ1) is 16.4. The molecule has 6 nitrogen and oxygen atoms in total. The van der Waals surface area contributed by atoms with Crippen molar-refractivity contribution in [3.05, 3.63) is 60.3 Å². The topological polar surface area (TPSA) is 65.6 Å². The summed E-state index contributed by atoms with van der Waals surface area (Å²) in [5.74, 6) is -0.167. The van der Waals surface area contributed by atoms with E-state index in [4.69, 9.17) is 27.9 Å². The molecule has 178 valence electrons. The molecular formula is C25H25Cl2N3O3S. The smallest absolute Gasteiger partial charge is 0.256 e. The van der Waals surface area contributed by atoms with Gasteiger partial charge >= 0.3 is 0 Å². The van der Waals surface area contributed by atoms with E-state index in [1.165, 1.54) is 0 Å². The van der Waals surface area contributed by atoms with E-state index in [-0.39, 0.29) is 23.4 Å². The molecule has 5 heterocycles. The predicted molar refractivity (Wildman–Crippen MR) is 137 cm³/mol. The van der Waals surface area contributed by atoms with Crippen molar-refractivity contribution in [2.45, 2.75) is 32.7 Å². The summed E-state index contributed by atoms with van der Waals surface area (Å²) in [4.78, 5) is 33.3. The summed E-state index contributed by atoms with van der Waals surface area (Å²) >= 11 is 15.1. The van der Waals surface area contributed by atoms with Crippen LogP contribution in [0.1, 0.15) is 40.0 Å². The van der Waals surface area contributed by atoms with Gasteiger partial charge in [0.15, 0.2) is 0 Å². The van der Waals surface area contributed by atoms with Crippen LogP contribution < -0.4 is 10.5 Å². The van der Waals surface area contributed by atoms with Crippen LogP contribution in [0.3, 0.4) is 0 Å². The third-order valence-corrected chi connectivity index (χ3v) is 9.39. The molecule has 3 aliphatic rings. The number of benzene rings is 1. The molecule has 3 aromatic rings. The highest BCUT2D eigenvalue weighted by atomic mass is 35.5. The summed E-state index contributed by atoms with van der Waals surface area (Å²) < 4.78 is 6.57. The molecule has 9 heteroatoms. The molecule has 6 rings (SSSR count). The Labute approximate surface area is 211 Å². The van der Waals surface area contributed by atoms with Crippen molar-refractivity contribution in [1.82, 2.24) is 9.88 Å². The number of aryl methyl sites for hydroxylation is 1. The molecule has 2 saturated heterocycles. The van der Waals surface area contributed by atoms with Crippen LogP contribution in [0.5, 0.6) is 0 Å². The third-order valence-electron chi connectivity index (χ3n) is 7.63. The van der Waals surface area contributed by atoms with Crippen molar-refractivity contribution in [3.8, 4) is 0 Å². The molecule has 0 aliphatic carbocycles. The second-order valence-electron chi connectivity index (χ2n) is 9.71. The number of carbonyl (C=O) groups is 1. The average molecular weight is 518 g/mol. The standard InChI is InChI=1S/C25H25Cl2N3O3S/c1-14-22-15(3-9-34-22)17(23(31)28-14)11-29-6-2-16-18(26)10-19(21(27)20(16)24(29)32)30-12-25(13-30)4-7-33-8-5-25/h3,9-10H,2,4-8,11-13H2,1H3,(H,28,31). The number of thiophene rings is 1. The molecule has 1 N–H and O–H groups in total. The number of H-pyrrole nitrogens is 1. The van der Waals surface area contributed by atoms with Crippen LogP contribution in [0.15, 0.2) is 22.3 Å². The number of rotatable bonds is 3. The lowest BCUT2D eigenvalue weighted by Gasteiger charge is -2.53. The highest BCUT2D eigenvalue weighted by Gasteiger charge is 2.45. The molecule has 1 amide bonds. The lowest BCUT2D eigenvalue weighted by molar-refractivity contribution is -0.000186. The number of nitrogens with one attached hydrogen (secondary N) is 1. The van der Waals surface area contributed by atoms with Crippen LogP contribution in [0.2, 0.25) is 10.0 Å². The molecule has 0 bridgehead atoms. The molecule has 0 radical (unpaired) electrons. The molecule has 34 heavy (non-hydrogen) atoms. The molecular weight excluding hydrogens is 493 g/mol. The molecule has 0 saturated carbocycles. The molecule has 2 aromatic heterocycles. The maximum atomic E-state index is 13.7. The van der Waals surface area contributed by atoms with Crippen LogP contribution >= 0.6 is 34.5 Å². The van der Waals surface area contributed by atoms with Gasteiger partial charge in [-0.2, -0.15) is 0 Å². The number of carbonyl (C=O) groups excluding carboxylic acids is 1. The minimum atomic E-state index is -0.167. The fraction of sp³-hybridized carbons (Fsp3) is 0.440. The van der Waals surface area contributed by atoms with Crippen molar-refractivity contribution < 1.29 is 9.53 Å². The Bertz CT molecular complexity index is 1370. The number of fused-ring (bicyclic) bond motifs is 2. The Balaban J connectivity index is 1.32. The number of aromatic nitrogens is 1. The summed E-state index contributed by atoms with van der Waals surface area (Å²) in [6.07, 6.45) is 2.71. The van der Waals surface area contributed by atoms with Crippen LogP contribution in [0.25, 0.3) is 10.1 Å². The van der Waals surface area contributed by atoms with Crippen molar-refractivity contribution in [2.75, 3.05) is 37.7 Å². The molecule has 3 aliphatic heterocycles. The van der Waals surface area contributed by atoms with Gasteiger partial charge in [0.25, 0.3) is 11.5 Å². The van der Waals surface area contributed by atoms with E-state index in [2.05, 4.69) is 9.88 Å². The first-order valence-corrected chi connectivity index (χ1v) is 13.2. The van der Waals surface area contributed by atoms with E-state index in [1.54, 1.807) is 16.2 Å². The Kier molecular flexibility index (Phi) is 5.44. The number of nitrogens with zero attached hydrogens (tertiary/aromatic N) is 2. The Morgan fingerprint density at radius 1 is 1.21 bits per heavy atom. The minimum Gasteiger partial charge on any atom is -0.381 e. The number of ether oxygens (including phenoxy) is 1. The summed E-state index contributed by atoms with van der Waals surface area (Å²) in [7, 11) is 0. The van der Waals surface area contributed by atoms with Gasteiger partial charge in [-0.05, 0) is 49.3 Å². The number of hydrogen-bond donors (Lipinski definition) is 1. The first kappa shape index (κ1) is 22.4. The normalized spacial score (nSPS) is 19.6. The lowest BCUT2D eigenvalue weighted by atomic mass is 9.73. The highest BCUT2D eigenvalue weighted by Crippen LogP contribution is 2.47. The molecule has 0 atom stereocenters. The number of amides is 1. The van der Waals surface area contributed by atoms with Gasteiger partial charge < -0.3 is 19.5 Å². The minimum absolute atomic E-state index is 0.151. The van der Waals surface area contributed by atoms with Gasteiger partial charge in [0.2, 0.25) is 0 Å². The van der Waals surface area contributed by atoms with Crippen LogP contribution in [-0.2, 0) is 17.7 Å². The summed E-state index contributed by atoms with van der Waals surface area (Å²) in [5.41, 5.74) is 3.70. The van der Waals surface area contributed by atoms with Crippen LogP contribution in [0, 0.1) is 12.3 Å². The number of anilines is 1. The number of hydrogen-bond acceptors (Lipinski definition) is 5. The maximum Gasteiger partial charge on any atom is 0.256 e. The van der Waals surface area contributed by atoms with Crippen molar-refractivity contribution in [3.63, 3.8) is 0 Å². The third kappa shape index (κ3) is 3.48. The Hall–Kier alpha value is -2.06. The molecule has 0 unspecified atom stereocenters. The van der Waals surface area contributed by atoms with Crippen molar-refractivity contribution in [2.24, 2.45) is 5.41 Å². The fourth-order valence-electron chi connectivity index (χ4n) is 5.67. The van der Waals surface area contributed by atoms with E-state index < -0.39 is 0 Å². The largest absolute Gasteiger partial charge is 0.381 e. The second kappa shape index (κ2) is 8.26. The molecule has 1 aromatic carbocycles. The molecule has 1 spiro atoms. The number of aromatic amines is 1. The average Bonchev–Trinajstić information content (AvgIpc) is 3.29. The summed E-state index contributed by atoms with van der Waals surface area (Å²) in [5, 5.41) is 3.94. The first-order valence-electron chi connectivity index (χ1n) is 11.6. The second-order valence-corrected chi connectivity index (χ2v) is 11.4. The van der Waals surface area contributed by atoms with Crippen molar-refractivity contribution >= 4 is 56.2 Å². The van der Waals surface area contributed by atoms with Gasteiger partial charge in [-0.1, -0.05) is 23.2 Å². The van der Waals surface area contributed by atoms with Gasteiger partial charge in [-0.25, -0.2) is 0 Å². The van der Waals surface area contributed by atoms with Crippen LogP contribution in [-0.4, -0.2) is 48.6 Å². The zero-order valence-corrected chi connectivity index (χ0v) is 21.2. The summed E-state index contributed by atoms with van der Waals surface area (Å²) in [6.45, 7) is 6.04. The maximum absolute atomic E-state index is 13.7. The monoisotopic (exact) mass is 517 g/mol. The number of pyridine rings is 1. The van der Waals surface area contributed by atoms with E-state index in [9.17, 15) is 9.59 Å². The van der Waals surface area contributed by atoms with E-state index in [1.807, 2.05) is 24.4 Å². The Morgan fingerprint density at radius 2 is 1.97 bits per heavy atom. The van der Waals surface area contributed by atoms with Gasteiger partial charge in [0.05, 0.1) is 27.5 Å². The predicted octanol–water partition coefficient (Wildman–Crippen LogP) is 5.02. The zero-order valence-electron chi connectivity index (χ0n) is 18.9. The van der Waals surface area contributed by atoms with E-state index in [0.29, 0.717) is 34.1 Å². The SMILES string of the molecule is Cc1[nH]c(=O)c(CN2CCc3c(Cl)cc(N4CC5(CCOCC5)C4)c(Cl)c3C2=O)c2ccsc12. The van der Waals surface area contributed by atoms with Gasteiger partial charge in [-0.3, -0.25) is 9.59 Å². The zero-order chi connectivity index (χ0) is 23.6. The van der Waals surface area contributed by atoms with E-state index in [0.717, 1.165) is 66.2 Å². The van der Waals surface area contributed by atoms with Gasteiger partial charge in [-0.15, -0.1) is 11.3 Å². The quantitative estimate of drug-likeness (QED) is 0.529. The number of halogens is 2. The summed E-state index contributed by atoms with van der Waals surface area (Å²) in [6, 6.07) is 3.87. The van der Waals surface area contributed by atoms with Crippen molar-refractivity contribution in [1.29, 1.82) is 0 Å². The van der Waals surface area contributed by atoms with Gasteiger partial charge in [0.1, 0.15) is 0 Å². The van der Waals surface area contributed by atoms with Gasteiger partial charge in [0, 0.05) is 59.9 Å². The Morgan fingerprint density at radius 3 is 2.74 bits per heavy atom. The molecule has 2 fully saturated rings. The lowest BCUT2D eigenvalue weighted by Crippen LogP contribution is -2.58. The fourth-order valence-corrected chi connectivity index (χ4v) is 7.22. The van der Waals surface area contributed by atoms with E-state index >= 15 is 0 Å². The highest BCUT2D eigenvalue weighted by molar-refractivity contribution is 7.17.